The van der Waals surface area contributed by atoms with Crippen LogP contribution in [0.1, 0.15) is 20.3 Å². The summed E-state index contributed by atoms with van der Waals surface area (Å²) in [4.78, 5) is 13.5. The van der Waals surface area contributed by atoms with E-state index in [1.165, 1.54) is 0 Å². The average molecular weight is 217 g/mol. The van der Waals surface area contributed by atoms with Crippen LogP contribution in [-0.2, 0) is 14.3 Å². The standard InChI is InChI=1S/C9H17NO2.C2H6O/c1-3-8(2)9(11)10-4-6-12-7-5-10;1-3-2/h8H,3-7H2,1-2H3;1-2H3. The normalized spacial score (nSPS) is 17.7. The molecule has 90 valence electrons. The summed E-state index contributed by atoms with van der Waals surface area (Å²) in [5.74, 6) is 0.448. The van der Waals surface area contributed by atoms with Crippen LogP contribution < -0.4 is 0 Å². The zero-order valence-electron chi connectivity index (χ0n) is 10.3. The van der Waals surface area contributed by atoms with Crippen molar-refractivity contribution in [2.24, 2.45) is 5.92 Å². The third-order valence-corrected chi connectivity index (χ3v) is 2.36. The Balaban J connectivity index is 0.000000583. The molecular weight excluding hydrogens is 194 g/mol. The Kier molecular flexibility index (Phi) is 8.33. The molecule has 1 rings (SSSR count). The first-order valence-electron chi connectivity index (χ1n) is 5.44. The van der Waals surface area contributed by atoms with Crippen molar-refractivity contribution in [2.45, 2.75) is 20.3 Å². The summed E-state index contributed by atoms with van der Waals surface area (Å²) < 4.78 is 9.42. The SMILES string of the molecule is CCC(C)C(=O)N1CCOCC1.COC. The largest absolute Gasteiger partial charge is 0.388 e. The number of carbonyl (C=O) groups excluding carboxylic acids is 1. The van der Waals surface area contributed by atoms with Crippen LogP contribution in [0.4, 0.5) is 0 Å². The van der Waals surface area contributed by atoms with Crippen molar-refractivity contribution in [3.05, 3.63) is 0 Å². The van der Waals surface area contributed by atoms with E-state index in [0.29, 0.717) is 13.2 Å². The Bertz CT molecular complexity index is 167. The van der Waals surface area contributed by atoms with Gasteiger partial charge in [0.1, 0.15) is 0 Å². The zero-order valence-corrected chi connectivity index (χ0v) is 10.3. The smallest absolute Gasteiger partial charge is 0.225 e. The second kappa shape index (κ2) is 8.68. The van der Waals surface area contributed by atoms with E-state index in [1.807, 2.05) is 18.7 Å². The number of hydrogen-bond donors (Lipinski definition) is 0. The van der Waals surface area contributed by atoms with Crippen molar-refractivity contribution in [3.8, 4) is 0 Å². The van der Waals surface area contributed by atoms with E-state index in [1.54, 1.807) is 14.2 Å². The van der Waals surface area contributed by atoms with E-state index >= 15 is 0 Å². The summed E-state index contributed by atoms with van der Waals surface area (Å²) in [6.07, 6.45) is 0.927. The zero-order chi connectivity index (χ0) is 11.7. The number of morpholine rings is 1. The molecule has 15 heavy (non-hydrogen) atoms. The maximum atomic E-state index is 11.6. The highest BCUT2D eigenvalue weighted by molar-refractivity contribution is 5.78. The Morgan fingerprint density at radius 1 is 1.40 bits per heavy atom. The molecule has 1 amide bonds. The van der Waals surface area contributed by atoms with Crippen molar-refractivity contribution >= 4 is 5.91 Å². The molecule has 1 aliphatic heterocycles. The van der Waals surface area contributed by atoms with Gasteiger partial charge in [0.2, 0.25) is 5.91 Å². The van der Waals surface area contributed by atoms with Crippen LogP contribution in [0.15, 0.2) is 0 Å². The summed E-state index contributed by atoms with van der Waals surface area (Å²) in [7, 11) is 3.25. The van der Waals surface area contributed by atoms with Gasteiger partial charge in [-0.15, -0.1) is 0 Å². The lowest BCUT2D eigenvalue weighted by Crippen LogP contribution is -2.43. The lowest BCUT2D eigenvalue weighted by Gasteiger charge is -2.28. The molecule has 0 N–H and O–H groups in total. The Hall–Kier alpha value is -0.610. The molecule has 1 fully saturated rings. The van der Waals surface area contributed by atoms with Gasteiger partial charge in [0.25, 0.3) is 0 Å². The van der Waals surface area contributed by atoms with Gasteiger partial charge in [0.15, 0.2) is 0 Å². The minimum Gasteiger partial charge on any atom is -0.388 e. The van der Waals surface area contributed by atoms with Gasteiger partial charge in [-0.2, -0.15) is 0 Å². The maximum absolute atomic E-state index is 11.6. The van der Waals surface area contributed by atoms with Crippen LogP contribution in [0.25, 0.3) is 0 Å². The van der Waals surface area contributed by atoms with Crippen molar-refractivity contribution in [2.75, 3.05) is 40.5 Å². The van der Waals surface area contributed by atoms with Gasteiger partial charge < -0.3 is 14.4 Å². The van der Waals surface area contributed by atoms with Gasteiger partial charge in [-0.3, -0.25) is 4.79 Å². The first-order valence-corrected chi connectivity index (χ1v) is 5.44. The quantitative estimate of drug-likeness (QED) is 0.696. The van der Waals surface area contributed by atoms with Gasteiger partial charge in [-0.25, -0.2) is 0 Å². The number of nitrogens with zero attached hydrogens (tertiary/aromatic N) is 1. The minimum atomic E-state index is 0.170. The molecule has 0 aromatic carbocycles. The molecule has 1 aliphatic rings. The molecular formula is C11H23NO3. The molecule has 0 aromatic rings. The highest BCUT2D eigenvalue weighted by Gasteiger charge is 2.20. The van der Waals surface area contributed by atoms with Gasteiger partial charge in [-0.05, 0) is 6.42 Å². The van der Waals surface area contributed by atoms with Gasteiger partial charge in [0.05, 0.1) is 13.2 Å². The molecule has 0 spiro atoms. The molecule has 0 saturated carbocycles. The minimum absolute atomic E-state index is 0.170. The maximum Gasteiger partial charge on any atom is 0.225 e. The summed E-state index contributed by atoms with van der Waals surface area (Å²) in [6, 6.07) is 0. The van der Waals surface area contributed by atoms with Gasteiger partial charge >= 0.3 is 0 Å². The van der Waals surface area contributed by atoms with Crippen molar-refractivity contribution in [1.29, 1.82) is 0 Å². The third kappa shape index (κ3) is 5.74. The van der Waals surface area contributed by atoms with E-state index in [0.717, 1.165) is 19.5 Å². The molecule has 1 atom stereocenters. The third-order valence-electron chi connectivity index (χ3n) is 2.36. The fraction of sp³-hybridized carbons (Fsp3) is 0.909. The molecule has 0 aliphatic carbocycles. The first-order chi connectivity index (χ1) is 7.17. The lowest BCUT2D eigenvalue weighted by molar-refractivity contribution is -0.139. The lowest BCUT2D eigenvalue weighted by atomic mass is 10.1. The number of methoxy groups -OCH3 is 1. The highest BCUT2D eigenvalue weighted by Crippen LogP contribution is 2.08. The average Bonchev–Trinajstić information content (AvgIpc) is 2.29. The molecule has 1 unspecified atom stereocenters. The van der Waals surface area contributed by atoms with Crippen LogP contribution in [0.3, 0.4) is 0 Å². The van der Waals surface area contributed by atoms with Crippen LogP contribution in [0.5, 0.6) is 0 Å². The molecule has 1 heterocycles. The van der Waals surface area contributed by atoms with Crippen molar-refractivity contribution < 1.29 is 14.3 Å². The number of ether oxygens (including phenoxy) is 2. The molecule has 4 nitrogen and oxygen atoms in total. The number of hydrogen-bond acceptors (Lipinski definition) is 3. The predicted molar refractivity (Wildman–Crippen MR) is 59.8 cm³/mol. The fourth-order valence-electron chi connectivity index (χ4n) is 1.27. The number of rotatable bonds is 2. The highest BCUT2D eigenvalue weighted by atomic mass is 16.5. The summed E-state index contributed by atoms with van der Waals surface area (Å²) in [5.41, 5.74) is 0. The summed E-state index contributed by atoms with van der Waals surface area (Å²) in [5, 5.41) is 0. The second-order valence-electron chi connectivity index (χ2n) is 3.66. The fourth-order valence-corrected chi connectivity index (χ4v) is 1.27. The van der Waals surface area contributed by atoms with E-state index < -0.39 is 0 Å². The van der Waals surface area contributed by atoms with E-state index in [-0.39, 0.29) is 11.8 Å². The Labute approximate surface area is 92.5 Å². The topological polar surface area (TPSA) is 38.8 Å². The van der Waals surface area contributed by atoms with Gasteiger partial charge in [0, 0.05) is 33.2 Å². The monoisotopic (exact) mass is 217 g/mol. The number of carbonyl (C=O) groups is 1. The Morgan fingerprint density at radius 2 is 1.87 bits per heavy atom. The van der Waals surface area contributed by atoms with Crippen LogP contribution in [0.2, 0.25) is 0 Å². The Morgan fingerprint density at radius 3 is 2.27 bits per heavy atom. The van der Waals surface area contributed by atoms with Gasteiger partial charge in [-0.1, -0.05) is 13.8 Å². The van der Waals surface area contributed by atoms with E-state index in [9.17, 15) is 4.79 Å². The summed E-state index contributed by atoms with van der Waals surface area (Å²) in [6.45, 7) is 6.96. The van der Waals surface area contributed by atoms with Crippen molar-refractivity contribution in [1.82, 2.24) is 4.90 Å². The van der Waals surface area contributed by atoms with E-state index in [4.69, 9.17) is 4.74 Å². The number of amides is 1. The summed E-state index contributed by atoms with van der Waals surface area (Å²) >= 11 is 0. The van der Waals surface area contributed by atoms with Crippen LogP contribution >= 0.6 is 0 Å². The first kappa shape index (κ1) is 14.4. The van der Waals surface area contributed by atoms with Crippen LogP contribution in [-0.4, -0.2) is 51.3 Å². The van der Waals surface area contributed by atoms with E-state index in [2.05, 4.69) is 4.74 Å². The molecule has 0 bridgehead atoms. The van der Waals surface area contributed by atoms with Crippen molar-refractivity contribution in [3.63, 3.8) is 0 Å². The molecule has 1 saturated heterocycles. The molecule has 4 heteroatoms. The molecule has 0 aromatic heterocycles. The predicted octanol–water partition coefficient (Wildman–Crippen LogP) is 1.15. The molecule has 0 radical (unpaired) electrons. The van der Waals surface area contributed by atoms with Crippen LogP contribution in [0, 0.1) is 5.92 Å². The second-order valence-corrected chi connectivity index (χ2v) is 3.66.